The molecule has 21 heavy (non-hydrogen) atoms. The Hall–Kier alpha value is -1.89. The average Bonchev–Trinajstić information content (AvgIpc) is 2.75. The maximum absolute atomic E-state index is 12.0. The highest BCUT2D eigenvalue weighted by atomic mass is 32.2. The van der Waals surface area contributed by atoms with Crippen LogP contribution in [0, 0.1) is 5.92 Å². The fraction of sp³-hybridized carbons (Fsp3) is 0.429. The molecule has 1 aliphatic rings. The van der Waals surface area contributed by atoms with Crippen LogP contribution in [-0.4, -0.2) is 33.3 Å². The van der Waals surface area contributed by atoms with Crippen LogP contribution in [0.15, 0.2) is 34.2 Å². The second kappa shape index (κ2) is 5.85. The number of nitrogens with zero attached hydrogens (tertiary/aromatic N) is 1. The molecule has 0 unspecified atom stereocenters. The van der Waals surface area contributed by atoms with Crippen molar-refractivity contribution >= 4 is 21.8 Å². The molecule has 1 amide bonds. The van der Waals surface area contributed by atoms with E-state index >= 15 is 0 Å². The zero-order valence-electron chi connectivity index (χ0n) is 12.3. The van der Waals surface area contributed by atoms with Crippen molar-refractivity contribution in [2.75, 3.05) is 7.05 Å². The standard InChI is InChI=1S/C14H19N3O3S/c1-4-9(2)12(14(18)15-3)16-13-10-7-5-6-8-11(10)21(19,20)17-13/h5-9,12H,4H2,1-3H3,(H,15,18)(H,16,17)/t9-,12-/m0/s1. The SMILES string of the molecule is CC[C@H](C)[C@H](N=C1NS(=O)(=O)c2ccccc21)C(=O)NC. The van der Waals surface area contributed by atoms with Crippen molar-refractivity contribution in [1.29, 1.82) is 0 Å². The zero-order valence-corrected chi connectivity index (χ0v) is 13.1. The average molecular weight is 309 g/mol. The van der Waals surface area contributed by atoms with Gasteiger partial charge in [-0.15, -0.1) is 0 Å². The van der Waals surface area contributed by atoms with Gasteiger partial charge in [-0.1, -0.05) is 32.4 Å². The predicted octanol–water partition coefficient (Wildman–Crippen LogP) is 0.886. The first-order valence-corrected chi connectivity index (χ1v) is 8.30. The monoisotopic (exact) mass is 309 g/mol. The quantitative estimate of drug-likeness (QED) is 0.865. The van der Waals surface area contributed by atoms with E-state index in [1.165, 1.54) is 6.07 Å². The highest BCUT2D eigenvalue weighted by Gasteiger charge is 2.32. The van der Waals surface area contributed by atoms with Gasteiger partial charge in [0, 0.05) is 12.6 Å². The summed E-state index contributed by atoms with van der Waals surface area (Å²) in [5.74, 6) is 0.0228. The second-order valence-electron chi connectivity index (χ2n) is 5.02. The molecule has 0 saturated carbocycles. The number of aliphatic imine (C=N–C) groups is 1. The van der Waals surface area contributed by atoms with Gasteiger partial charge in [0.2, 0.25) is 5.91 Å². The minimum Gasteiger partial charge on any atom is -0.357 e. The normalized spacial score (nSPS) is 20.4. The number of fused-ring (bicyclic) bond motifs is 1. The summed E-state index contributed by atoms with van der Waals surface area (Å²) in [6.07, 6.45) is 0.767. The molecule has 0 aliphatic carbocycles. The fourth-order valence-electron chi connectivity index (χ4n) is 2.18. The van der Waals surface area contributed by atoms with Crippen molar-refractivity contribution in [1.82, 2.24) is 10.0 Å². The summed E-state index contributed by atoms with van der Waals surface area (Å²) in [6, 6.07) is 5.99. The van der Waals surface area contributed by atoms with Crippen molar-refractivity contribution in [2.24, 2.45) is 10.9 Å². The van der Waals surface area contributed by atoms with Crippen LogP contribution in [0.4, 0.5) is 0 Å². The van der Waals surface area contributed by atoms with E-state index in [9.17, 15) is 13.2 Å². The van der Waals surface area contributed by atoms with Crippen molar-refractivity contribution < 1.29 is 13.2 Å². The summed E-state index contributed by atoms with van der Waals surface area (Å²) in [7, 11) is -2.03. The lowest BCUT2D eigenvalue weighted by atomic mass is 9.99. The third-order valence-electron chi connectivity index (χ3n) is 3.63. The Morgan fingerprint density at radius 2 is 2.05 bits per heavy atom. The topological polar surface area (TPSA) is 87.6 Å². The third-order valence-corrected chi connectivity index (χ3v) is 5.03. The number of hydrogen-bond acceptors (Lipinski definition) is 4. The first-order chi connectivity index (χ1) is 9.90. The van der Waals surface area contributed by atoms with Gasteiger partial charge in [0.1, 0.15) is 11.9 Å². The highest BCUT2D eigenvalue weighted by Crippen LogP contribution is 2.23. The number of amides is 1. The molecule has 1 heterocycles. The molecule has 2 atom stereocenters. The summed E-state index contributed by atoms with van der Waals surface area (Å²) in [5, 5.41) is 2.58. The maximum atomic E-state index is 12.0. The van der Waals surface area contributed by atoms with Crippen LogP contribution in [-0.2, 0) is 14.8 Å². The molecule has 6 nitrogen and oxygen atoms in total. The number of rotatable bonds is 4. The largest absolute Gasteiger partial charge is 0.357 e. The van der Waals surface area contributed by atoms with E-state index in [1.807, 2.05) is 13.8 Å². The lowest BCUT2D eigenvalue weighted by molar-refractivity contribution is -0.122. The Morgan fingerprint density at radius 1 is 1.38 bits per heavy atom. The summed E-state index contributed by atoms with van der Waals surface area (Å²) >= 11 is 0. The third kappa shape index (κ3) is 2.92. The highest BCUT2D eigenvalue weighted by molar-refractivity contribution is 7.90. The molecule has 0 fully saturated rings. The summed E-state index contributed by atoms with van der Waals surface area (Å²) in [4.78, 5) is 16.5. The molecule has 0 radical (unpaired) electrons. The van der Waals surface area contributed by atoms with Crippen LogP contribution < -0.4 is 10.0 Å². The number of carbonyl (C=O) groups excluding carboxylic acids is 1. The Balaban J connectivity index is 2.48. The molecule has 2 rings (SSSR count). The van der Waals surface area contributed by atoms with Crippen LogP contribution in [0.2, 0.25) is 0 Å². The van der Waals surface area contributed by atoms with E-state index in [0.29, 0.717) is 5.56 Å². The van der Waals surface area contributed by atoms with Gasteiger partial charge in [-0.05, 0) is 18.1 Å². The Labute approximate surface area is 124 Å². The van der Waals surface area contributed by atoms with Gasteiger partial charge in [0.15, 0.2) is 0 Å². The first-order valence-electron chi connectivity index (χ1n) is 6.82. The van der Waals surface area contributed by atoms with Gasteiger partial charge in [-0.2, -0.15) is 0 Å². The van der Waals surface area contributed by atoms with Crippen LogP contribution in [0.25, 0.3) is 0 Å². The van der Waals surface area contributed by atoms with Gasteiger partial charge in [0.25, 0.3) is 10.0 Å². The number of hydrogen-bond donors (Lipinski definition) is 2. The van der Waals surface area contributed by atoms with Crippen LogP contribution in [0.5, 0.6) is 0 Å². The van der Waals surface area contributed by atoms with Gasteiger partial charge in [-0.25, -0.2) is 8.42 Å². The summed E-state index contributed by atoms with van der Waals surface area (Å²) in [6.45, 7) is 3.88. The Morgan fingerprint density at radius 3 is 2.67 bits per heavy atom. The minimum absolute atomic E-state index is 0.00900. The molecule has 0 aromatic heterocycles. The number of sulfonamides is 1. The Kier molecular flexibility index (Phi) is 4.32. The lowest BCUT2D eigenvalue weighted by Gasteiger charge is -2.18. The van der Waals surface area contributed by atoms with Gasteiger partial charge in [-0.3, -0.25) is 14.5 Å². The van der Waals surface area contributed by atoms with E-state index in [1.54, 1.807) is 25.2 Å². The van der Waals surface area contributed by atoms with Crippen molar-refractivity contribution in [2.45, 2.75) is 31.2 Å². The second-order valence-corrected chi connectivity index (χ2v) is 6.67. The molecular weight excluding hydrogens is 290 g/mol. The minimum atomic E-state index is -3.58. The summed E-state index contributed by atoms with van der Waals surface area (Å²) < 4.78 is 26.5. The fourth-order valence-corrected chi connectivity index (χ4v) is 3.42. The van der Waals surface area contributed by atoms with Gasteiger partial charge < -0.3 is 5.32 Å². The van der Waals surface area contributed by atoms with Crippen LogP contribution in [0.1, 0.15) is 25.8 Å². The van der Waals surface area contributed by atoms with Gasteiger partial charge >= 0.3 is 0 Å². The molecule has 1 aromatic carbocycles. The Bertz CT molecular complexity index is 682. The first kappa shape index (κ1) is 15.5. The summed E-state index contributed by atoms with van der Waals surface area (Å²) in [5.41, 5.74) is 0.509. The number of nitrogens with one attached hydrogen (secondary N) is 2. The molecule has 1 aliphatic heterocycles. The molecule has 7 heteroatoms. The van der Waals surface area contributed by atoms with E-state index < -0.39 is 16.1 Å². The zero-order chi connectivity index (χ0) is 15.6. The smallest absolute Gasteiger partial charge is 0.263 e. The van der Waals surface area contributed by atoms with E-state index in [0.717, 1.165) is 6.42 Å². The molecule has 2 N–H and O–H groups in total. The predicted molar refractivity (Wildman–Crippen MR) is 80.6 cm³/mol. The van der Waals surface area contributed by atoms with Crippen LogP contribution in [0.3, 0.4) is 0 Å². The van der Waals surface area contributed by atoms with E-state index in [4.69, 9.17) is 0 Å². The maximum Gasteiger partial charge on any atom is 0.263 e. The molecule has 1 aromatic rings. The number of carbonyl (C=O) groups is 1. The van der Waals surface area contributed by atoms with E-state index in [2.05, 4.69) is 15.0 Å². The van der Waals surface area contributed by atoms with Gasteiger partial charge in [0.05, 0.1) is 4.90 Å². The van der Waals surface area contributed by atoms with Crippen molar-refractivity contribution in [3.05, 3.63) is 29.8 Å². The number of amidine groups is 1. The molecule has 0 bridgehead atoms. The number of likely N-dealkylation sites (N-methyl/N-ethyl adjacent to an activating group) is 1. The van der Waals surface area contributed by atoms with Crippen molar-refractivity contribution in [3.8, 4) is 0 Å². The molecule has 0 saturated heterocycles. The lowest BCUT2D eigenvalue weighted by Crippen LogP contribution is -2.37. The van der Waals surface area contributed by atoms with E-state index in [-0.39, 0.29) is 22.6 Å². The molecule has 114 valence electrons. The molecule has 0 spiro atoms. The number of benzene rings is 1. The van der Waals surface area contributed by atoms with Crippen molar-refractivity contribution in [3.63, 3.8) is 0 Å². The van der Waals surface area contributed by atoms with Crippen LogP contribution >= 0.6 is 0 Å². The molecular formula is C14H19N3O3S.